The molecule has 1 unspecified atom stereocenters. The summed E-state index contributed by atoms with van der Waals surface area (Å²) in [7, 11) is 2.21. The highest BCUT2D eigenvalue weighted by atomic mass is 16.3. The van der Waals surface area contributed by atoms with Gasteiger partial charge < -0.3 is 15.3 Å². The Balaban J connectivity index is 1.53. The van der Waals surface area contributed by atoms with Crippen LogP contribution in [0.3, 0.4) is 0 Å². The topological polar surface area (TPSA) is 53.3 Å². The first-order chi connectivity index (χ1) is 9.25. The quantitative estimate of drug-likeness (QED) is 0.680. The number of aliphatic hydroxyl groups is 1. The van der Waals surface area contributed by atoms with Crippen LogP contribution in [0.5, 0.6) is 0 Å². The summed E-state index contributed by atoms with van der Waals surface area (Å²) >= 11 is 0. The van der Waals surface area contributed by atoms with E-state index in [9.17, 15) is 5.11 Å². The van der Waals surface area contributed by atoms with E-state index in [0.717, 1.165) is 19.1 Å². The number of aliphatic hydroxyl groups excluding tert-OH is 1. The molecule has 0 saturated heterocycles. The van der Waals surface area contributed by atoms with Crippen molar-refractivity contribution in [2.45, 2.75) is 44.4 Å². The Morgan fingerprint density at radius 1 is 1.47 bits per heavy atom. The van der Waals surface area contributed by atoms with Gasteiger partial charge in [0.05, 0.1) is 12.6 Å². The Kier molecular flexibility index (Phi) is 5.82. The average Bonchev–Trinajstić information content (AvgIpc) is 3.06. The van der Waals surface area contributed by atoms with Crippen LogP contribution in [0.1, 0.15) is 25.7 Å². The Labute approximate surface area is 115 Å². The van der Waals surface area contributed by atoms with Gasteiger partial charge in [-0.15, -0.1) is 0 Å². The van der Waals surface area contributed by atoms with Crippen molar-refractivity contribution in [3.8, 4) is 0 Å². The molecule has 5 nitrogen and oxygen atoms in total. The van der Waals surface area contributed by atoms with Gasteiger partial charge in [-0.05, 0) is 26.0 Å². The molecule has 0 bridgehead atoms. The van der Waals surface area contributed by atoms with Gasteiger partial charge in [-0.2, -0.15) is 5.10 Å². The zero-order valence-corrected chi connectivity index (χ0v) is 11.8. The number of nitrogens with zero attached hydrogens (tertiary/aromatic N) is 3. The van der Waals surface area contributed by atoms with E-state index in [1.54, 1.807) is 10.9 Å². The van der Waals surface area contributed by atoms with Gasteiger partial charge in [0.25, 0.3) is 0 Å². The summed E-state index contributed by atoms with van der Waals surface area (Å²) in [4.78, 5) is 2.44. The normalized spacial score (nSPS) is 18.3. The first kappa shape index (κ1) is 14.5. The molecule has 1 atom stereocenters. The van der Waals surface area contributed by atoms with Crippen LogP contribution in [-0.4, -0.2) is 58.6 Å². The minimum Gasteiger partial charge on any atom is -0.390 e. The monoisotopic (exact) mass is 266 g/mol. The number of hydrogen-bond donors (Lipinski definition) is 2. The van der Waals surface area contributed by atoms with Crippen molar-refractivity contribution < 1.29 is 5.11 Å². The molecule has 1 aliphatic carbocycles. The molecule has 1 saturated carbocycles. The highest BCUT2D eigenvalue weighted by Crippen LogP contribution is 2.21. The molecule has 0 radical (unpaired) electrons. The van der Waals surface area contributed by atoms with Crippen LogP contribution in [0.4, 0.5) is 0 Å². The van der Waals surface area contributed by atoms with Crippen molar-refractivity contribution in [1.82, 2.24) is 20.0 Å². The molecule has 1 fully saturated rings. The molecule has 108 valence electrons. The average molecular weight is 266 g/mol. The van der Waals surface area contributed by atoms with Crippen LogP contribution in [0.15, 0.2) is 18.5 Å². The third kappa shape index (κ3) is 4.93. The fraction of sp³-hybridized carbons (Fsp3) is 0.786. The van der Waals surface area contributed by atoms with Crippen molar-refractivity contribution in [3.05, 3.63) is 18.5 Å². The summed E-state index contributed by atoms with van der Waals surface area (Å²) < 4.78 is 1.76. The molecule has 0 amide bonds. The maximum Gasteiger partial charge on any atom is 0.0860 e. The van der Waals surface area contributed by atoms with Crippen LogP contribution in [0.25, 0.3) is 0 Å². The van der Waals surface area contributed by atoms with Crippen molar-refractivity contribution >= 4 is 0 Å². The van der Waals surface area contributed by atoms with Crippen molar-refractivity contribution in [1.29, 1.82) is 0 Å². The van der Waals surface area contributed by atoms with Gasteiger partial charge >= 0.3 is 0 Å². The lowest BCUT2D eigenvalue weighted by Gasteiger charge is -2.24. The fourth-order valence-corrected chi connectivity index (χ4v) is 2.74. The smallest absolute Gasteiger partial charge is 0.0860 e. The Hall–Kier alpha value is -0.910. The Bertz CT molecular complexity index is 335. The first-order valence-electron chi connectivity index (χ1n) is 7.32. The molecule has 0 aliphatic heterocycles. The third-order valence-corrected chi connectivity index (χ3v) is 3.93. The maximum absolute atomic E-state index is 9.86. The molecule has 2 rings (SSSR count). The van der Waals surface area contributed by atoms with Crippen molar-refractivity contribution in [3.63, 3.8) is 0 Å². The summed E-state index contributed by atoms with van der Waals surface area (Å²) in [6.07, 6.45) is 8.68. The van der Waals surface area contributed by atoms with Gasteiger partial charge in [-0.25, -0.2) is 0 Å². The van der Waals surface area contributed by atoms with Crippen molar-refractivity contribution in [2.75, 3.05) is 26.7 Å². The molecule has 0 spiro atoms. The van der Waals surface area contributed by atoms with Gasteiger partial charge in [0, 0.05) is 38.1 Å². The fourth-order valence-electron chi connectivity index (χ4n) is 2.74. The van der Waals surface area contributed by atoms with Gasteiger partial charge in [0.1, 0.15) is 0 Å². The number of rotatable bonds is 8. The highest BCUT2D eigenvalue weighted by Gasteiger charge is 2.18. The lowest BCUT2D eigenvalue weighted by molar-refractivity contribution is 0.144. The minimum atomic E-state index is -0.378. The predicted octanol–water partition coefficient (Wildman–Crippen LogP) is 0.708. The standard InChI is InChI=1S/C14H26N4O/c1-17(13-5-2-3-6-13)10-8-15-11-14(19)12-18-9-4-7-16-18/h4,7,9,13-15,19H,2-3,5-6,8,10-12H2,1H3. The second-order valence-electron chi connectivity index (χ2n) is 5.50. The molecule has 1 aromatic heterocycles. The van der Waals surface area contributed by atoms with Crippen LogP contribution in [-0.2, 0) is 6.54 Å². The summed E-state index contributed by atoms with van der Waals surface area (Å²) in [5, 5.41) is 17.3. The molecule has 19 heavy (non-hydrogen) atoms. The van der Waals surface area contributed by atoms with E-state index in [2.05, 4.69) is 22.4 Å². The van der Waals surface area contributed by atoms with E-state index >= 15 is 0 Å². The van der Waals surface area contributed by atoms with E-state index in [0.29, 0.717) is 13.1 Å². The zero-order valence-electron chi connectivity index (χ0n) is 11.8. The third-order valence-electron chi connectivity index (χ3n) is 3.93. The van der Waals surface area contributed by atoms with Crippen LogP contribution >= 0.6 is 0 Å². The minimum absolute atomic E-state index is 0.378. The molecule has 0 aromatic carbocycles. The summed E-state index contributed by atoms with van der Waals surface area (Å²) in [6, 6.07) is 2.65. The molecular formula is C14H26N4O. The Morgan fingerprint density at radius 2 is 2.26 bits per heavy atom. The lowest BCUT2D eigenvalue weighted by Crippen LogP contribution is -2.38. The van der Waals surface area contributed by atoms with Crippen LogP contribution in [0.2, 0.25) is 0 Å². The summed E-state index contributed by atoms with van der Waals surface area (Å²) in [5.41, 5.74) is 0. The van der Waals surface area contributed by atoms with Crippen LogP contribution in [0, 0.1) is 0 Å². The number of nitrogens with one attached hydrogen (secondary N) is 1. The lowest BCUT2D eigenvalue weighted by atomic mass is 10.2. The van der Waals surface area contributed by atoms with E-state index < -0.39 is 0 Å². The summed E-state index contributed by atoms with van der Waals surface area (Å²) in [5.74, 6) is 0. The van der Waals surface area contributed by atoms with Crippen molar-refractivity contribution in [2.24, 2.45) is 0 Å². The number of aromatic nitrogens is 2. The maximum atomic E-state index is 9.86. The molecule has 1 aromatic rings. The largest absolute Gasteiger partial charge is 0.390 e. The van der Waals surface area contributed by atoms with Gasteiger partial charge in [0.15, 0.2) is 0 Å². The number of hydrogen-bond acceptors (Lipinski definition) is 4. The molecule has 1 aliphatic rings. The number of likely N-dealkylation sites (N-methyl/N-ethyl adjacent to an activating group) is 1. The molecule has 1 heterocycles. The van der Waals surface area contributed by atoms with E-state index in [1.807, 2.05) is 12.3 Å². The predicted molar refractivity (Wildman–Crippen MR) is 76.0 cm³/mol. The van der Waals surface area contributed by atoms with E-state index in [1.165, 1.54) is 25.7 Å². The zero-order chi connectivity index (χ0) is 13.5. The Morgan fingerprint density at radius 3 is 2.95 bits per heavy atom. The molecular weight excluding hydrogens is 240 g/mol. The van der Waals surface area contributed by atoms with Crippen LogP contribution < -0.4 is 5.32 Å². The molecule has 2 N–H and O–H groups in total. The first-order valence-corrected chi connectivity index (χ1v) is 7.32. The second kappa shape index (κ2) is 7.62. The highest BCUT2D eigenvalue weighted by molar-refractivity contribution is 4.79. The second-order valence-corrected chi connectivity index (χ2v) is 5.50. The van der Waals surface area contributed by atoms with Gasteiger partial charge in [-0.3, -0.25) is 4.68 Å². The molecule has 5 heteroatoms. The van der Waals surface area contributed by atoms with E-state index in [4.69, 9.17) is 0 Å². The SMILES string of the molecule is CN(CCNCC(O)Cn1cccn1)C1CCCC1. The summed E-state index contributed by atoms with van der Waals surface area (Å²) in [6.45, 7) is 3.17. The van der Waals surface area contributed by atoms with Gasteiger partial charge in [-0.1, -0.05) is 12.8 Å². The van der Waals surface area contributed by atoms with E-state index in [-0.39, 0.29) is 6.10 Å². The van der Waals surface area contributed by atoms with Gasteiger partial charge in [0.2, 0.25) is 0 Å².